The Labute approximate surface area is 140 Å². The smallest absolute Gasteiger partial charge is 0.271 e. The van der Waals surface area contributed by atoms with Gasteiger partial charge in [-0.2, -0.15) is 0 Å². The second-order valence-corrected chi connectivity index (χ2v) is 8.96. The fraction of sp³-hybridized carbons (Fsp3) is 0.375. The summed E-state index contributed by atoms with van der Waals surface area (Å²) in [6.45, 7) is 6.49. The Morgan fingerprint density at radius 1 is 1.22 bits per heavy atom. The number of nitrogens with zero attached hydrogens (tertiary/aromatic N) is 1. The Balaban J connectivity index is 1.77. The molecule has 3 rings (SSSR count). The molecule has 1 aliphatic heterocycles. The van der Waals surface area contributed by atoms with E-state index in [0.717, 1.165) is 12.2 Å². The molecule has 1 fully saturated rings. The van der Waals surface area contributed by atoms with Crippen LogP contribution < -0.4 is 9.62 Å². The van der Waals surface area contributed by atoms with E-state index in [0.29, 0.717) is 23.1 Å². The van der Waals surface area contributed by atoms with Crippen LogP contribution >= 0.6 is 11.3 Å². The first-order valence-corrected chi connectivity index (χ1v) is 9.77. The lowest BCUT2D eigenvalue weighted by Gasteiger charge is -2.43. The van der Waals surface area contributed by atoms with Gasteiger partial charge in [-0.3, -0.25) is 4.72 Å². The Kier molecular flexibility index (Phi) is 4.35. The van der Waals surface area contributed by atoms with E-state index < -0.39 is 10.0 Å². The minimum Gasteiger partial charge on any atom is -0.377 e. The van der Waals surface area contributed by atoms with Gasteiger partial charge in [-0.05, 0) is 49.6 Å². The first-order chi connectivity index (χ1) is 10.9. The third kappa shape index (κ3) is 3.52. The molecule has 5 nitrogen and oxygen atoms in total. The number of nitrogens with one attached hydrogen (secondary N) is 1. The van der Waals surface area contributed by atoms with Gasteiger partial charge in [0.2, 0.25) is 0 Å². The van der Waals surface area contributed by atoms with Crippen molar-refractivity contribution in [1.29, 1.82) is 0 Å². The van der Waals surface area contributed by atoms with Gasteiger partial charge in [-0.25, -0.2) is 8.42 Å². The molecule has 1 aliphatic rings. The topological polar surface area (TPSA) is 58.6 Å². The number of rotatable bonds is 4. The molecule has 23 heavy (non-hydrogen) atoms. The molecule has 0 amide bonds. The van der Waals surface area contributed by atoms with Gasteiger partial charge in [0, 0.05) is 17.9 Å². The van der Waals surface area contributed by atoms with Gasteiger partial charge < -0.3 is 9.64 Å². The second-order valence-electron chi connectivity index (χ2n) is 6.10. The van der Waals surface area contributed by atoms with E-state index in [1.165, 1.54) is 11.3 Å². The van der Waals surface area contributed by atoms with Gasteiger partial charge in [-0.15, -0.1) is 11.3 Å². The molecule has 2 heterocycles. The lowest BCUT2D eigenvalue weighted by atomic mass is 10.0. The molecule has 0 bridgehead atoms. The number of ether oxygens (including phenoxy) is 1. The molecule has 7 heteroatoms. The van der Waals surface area contributed by atoms with Gasteiger partial charge in [0.25, 0.3) is 10.0 Å². The predicted molar refractivity (Wildman–Crippen MR) is 93.8 cm³/mol. The van der Waals surface area contributed by atoms with Crippen LogP contribution in [0.25, 0.3) is 0 Å². The summed E-state index contributed by atoms with van der Waals surface area (Å²) < 4.78 is 32.9. The lowest BCUT2D eigenvalue weighted by Crippen LogP contribution is -2.53. The minimum absolute atomic E-state index is 0.0732. The quantitative estimate of drug-likeness (QED) is 0.918. The van der Waals surface area contributed by atoms with Gasteiger partial charge in [0.15, 0.2) is 0 Å². The number of morpholine rings is 1. The number of benzene rings is 1. The Hall–Kier alpha value is -1.57. The van der Waals surface area contributed by atoms with E-state index in [4.69, 9.17) is 4.74 Å². The first-order valence-electron chi connectivity index (χ1n) is 7.40. The van der Waals surface area contributed by atoms with E-state index in [2.05, 4.69) is 23.5 Å². The summed E-state index contributed by atoms with van der Waals surface area (Å²) in [5.74, 6) is 0. The highest BCUT2D eigenvalue weighted by atomic mass is 32.2. The first kappa shape index (κ1) is 16.3. The molecule has 0 aliphatic carbocycles. The zero-order valence-electron chi connectivity index (χ0n) is 13.2. The van der Waals surface area contributed by atoms with Crippen molar-refractivity contribution in [3.05, 3.63) is 41.8 Å². The zero-order valence-corrected chi connectivity index (χ0v) is 14.8. The van der Waals surface area contributed by atoms with E-state index in [-0.39, 0.29) is 5.54 Å². The molecule has 0 radical (unpaired) electrons. The van der Waals surface area contributed by atoms with E-state index >= 15 is 0 Å². The molecular formula is C16H20N2O3S2. The van der Waals surface area contributed by atoms with Crippen molar-refractivity contribution in [2.24, 2.45) is 0 Å². The Bertz CT molecular complexity index is 753. The van der Waals surface area contributed by atoms with Crippen molar-refractivity contribution < 1.29 is 13.2 Å². The number of sulfonamides is 1. The van der Waals surface area contributed by atoms with Crippen LogP contribution in [0.3, 0.4) is 0 Å². The van der Waals surface area contributed by atoms with Gasteiger partial charge in [0.1, 0.15) is 4.21 Å². The van der Waals surface area contributed by atoms with E-state index in [1.807, 2.05) is 12.1 Å². The molecule has 0 unspecified atom stereocenters. The van der Waals surface area contributed by atoms with Crippen LogP contribution in [0.1, 0.15) is 13.8 Å². The van der Waals surface area contributed by atoms with Crippen LogP contribution in [-0.4, -0.2) is 33.7 Å². The SMILES string of the molecule is CC1(C)COCCN1c1ccc(NS(=O)(=O)c2cccs2)cc1. The number of hydrogen-bond acceptors (Lipinski definition) is 5. The third-order valence-electron chi connectivity index (χ3n) is 3.84. The summed E-state index contributed by atoms with van der Waals surface area (Å²) in [7, 11) is -3.50. The van der Waals surface area contributed by atoms with Crippen LogP contribution in [0, 0.1) is 0 Å². The van der Waals surface area contributed by atoms with Crippen molar-refractivity contribution in [2.75, 3.05) is 29.4 Å². The van der Waals surface area contributed by atoms with Gasteiger partial charge in [0.05, 0.1) is 18.8 Å². The Morgan fingerprint density at radius 3 is 2.57 bits per heavy atom. The maximum absolute atomic E-state index is 12.2. The summed E-state index contributed by atoms with van der Waals surface area (Å²) in [6, 6.07) is 10.8. The van der Waals surface area contributed by atoms with Crippen molar-refractivity contribution >= 4 is 32.7 Å². The normalized spacial score (nSPS) is 17.9. The number of hydrogen-bond donors (Lipinski definition) is 1. The van der Waals surface area contributed by atoms with Crippen molar-refractivity contribution in [3.63, 3.8) is 0 Å². The summed E-state index contributed by atoms with van der Waals surface area (Å²) in [4.78, 5) is 2.29. The zero-order chi connectivity index (χ0) is 16.5. The molecule has 1 aromatic carbocycles. The molecule has 2 aromatic rings. The average molecular weight is 352 g/mol. The summed E-state index contributed by atoms with van der Waals surface area (Å²) in [5, 5.41) is 1.75. The third-order valence-corrected chi connectivity index (χ3v) is 6.62. The van der Waals surface area contributed by atoms with Gasteiger partial charge in [-0.1, -0.05) is 6.07 Å². The van der Waals surface area contributed by atoms with E-state index in [9.17, 15) is 8.42 Å². The summed E-state index contributed by atoms with van der Waals surface area (Å²) in [5.41, 5.74) is 1.56. The van der Waals surface area contributed by atoms with E-state index in [1.54, 1.807) is 29.6 Å². The standard InChI is InChI=1S/C16H20N2O3S2/c1-16(2)12-21-10-9-18(16)14-7-5-13(6-8-14)17-23(19,20)15-4-3-11-22-15/h3-8,11,17H,9-10,12H2,1-2H3. The number of thiophene rings is 1. The largest absolute Gasteiger partial charge is 0.377 e. The molecule has 0 atom stereocenters. The Morgan fingerprint density at radius 2 is 1.96 bits per heavy atom. The maximum atomic E-state index is 12.2. The fourth-order valence-electron chi connectivity index (χ4n) is 2.67. The maximum Gasteiger partial charge on any atom is 0.271 e. The second kappa shape index (κ2) is 6.14. The van der Waals surface area contributed by atoms with Crippen molar-refractivity contribution in [1.82, 2.24) is 0 Å². The highest BCUT2D eigenvalue weighted by molar-refractivity contribution is 7.94. The highest BCUT2D eigenvalue weighted by Crippen LogP contribution is 2.28. The minimum atomic E-state index is -3.50. The average Bonchev–Trinajstić information content (AvgIpc) is 3.03. The molecule has 1 aromatic heterocycles. The van der Waals surface area contributed by atoms with Crippen LogP contribution in [0.5, 0.6) is 0 Å². The summed E-state index contributed by atoms with van der Waals surface area (Å²) in [6.07, 6.45) is 0. The molecular weight excluding hydrogens is 332 g/mol. The molecule has 1 saturated heterocycles. The number of anilines is 2. The molecule has 1 N–H and O–H groups in total. The van der Waals surface area contributed by atoms with Crippen LogP contribution in [0.2, 0.25) is 0 Å². The molecule has 124 valence electrons. The molecule has 0 saturated carbocycles. The lowest BCUT2D eigenvalue weighted by molar-refractivity contribution is 0.0644. The predicted octanol–water partition coefficient (Wildman–Crippen LogP) is 3.16. The monoisotopic (exact) mass is 352 g/mol. The van der Waals surface area contributed by atoms with Crippen molar-refractivity contribution in [3.8, 4) is 0 Å². The molecule has 0 spiro atoms. The van der Waals surface area contributed by atoms with Gasteiger partial charge >= 0.3 is 0 Å². The van der Waals surface area contributed by atoms with Crippen LogP contribution in [-0.2, 0) is 14.8 Å². The summed E-state index contributed by atoms with van der Waals surface area (Å²) >= 11 is 1.20. The van der Waals surface area contributed by atoms with Crippen LogP contribution in [0.4, 0.5) is 11.4 Å². The fourth-order valence-corrected chi connectivity index (χ4v) is 4.72. The van der Waals surface area contributed by atoms with Crippen LogP contribution in [0.15, 0.2) is 46.0 Å². The van der Waals surface area contributed by atoms with Crippen molar-refractivity contribution in [2.45, 2.75) is 23.6 Å². The highest BCUT2D eigenvalue weighted by Gasteiger charge is 2.30.